The molecule has 0 heterocycles. The number of aryl methyl sites for hydroxylation is 2. The zero-order valence-electron chi connectivity index (χ0n) is 7.20. The van der Waals surface area contributed by atoms with Gasteiger partial charge in [-0.2, -0.15) is 13.2 Å². The third-order valence-corrected chi connectivity index (χ3v) is 2.61. The molecule has 0 aliphatic heterocycles. The summed E-state index contributed by atoms with van der Waals surface area (Å²) in [5.74, 6) is 0. The molecule has 4 heteroatoms. The van der Waals surface area contributed by atoms with E-state index in [4.69, 9.17) is 0 Å². The van der Waals surface area contributed by atoms with Gasteiger partial charge in [-0.25, -0.2) is 0 Å². The number of thioether (sulfide) groups is 1. The Bertz CT molecular complexity index is 284. The van der Waals surface area contributed by atoms with Crippen LogP contribution >= 0.6 is 11.8 Å². The van der Waals surface area contributed by atoms with Crippen molar-refractivity contribution in [3.05, 3.63) is 29.3 Å². The van der Waals surface area contributed by atoms with Gasteiger partial charge in [0, 0.05) is 4.90 Å². The molecule has 0 saturated carbocycles. The smallest absolute Gasteiger partial charge is 0.160 e. The summed E-state index contributed by atoms with van der Waals surface area (Å²) in [7, 11) is 0. The minimum absolute atomic E-state index is 0.0660. The van der Waals surface area contributed by atoms with E-state index in [9.17, 15) is 13.2 Å². The second kappa shape index (κ2) is 3.62. The molecule has 0 spiro atoms. The summed E-state index contributed by atoms with van der Waals surface area (Å²) in [6.45, 7) is 3.30. The normalized spacial score (nSPS) is 11.8. The first-order chi connectivity index (χ1) is 5.90. The number of hydrogen-bond donors (Lipinski definition) is 0. The summed E-state index contributed by atoms with van der Waals surface area (Å²) in [5.41, 5.74) is -2.98. The lowest BCUT2D eigenvalue weighted by atomic mass is 10.2. The minimum Gasteiger partial charge on any atom is -0.160 e. The van der Waals surface area contributed by atoms with Gasteiger partial charge in [0.2, 0.25) is 0 Å². The third kappa shape index (κ3) is 2.95. The van der Waals surface area contributed by atoms with Gasteiger partial charge in [-0.1, -0.05) is 12.1 Å². The van der Waals surface area contributed by atoms with Crippen LogP contribution in [0.3, 0.4) is 0 Å². The van der Waals surface area contributed by atoms with Crippen LogP contribution in [0.1, 0.15) is 11.1 Å². The molecule has 1 aromatic rings. The van der Waals surface area contributed by atoms with Gasteiger partial charge >= 0.3 is 5.51 Å². The zero-order valence-corrected chi connectivity index (χ0v) is 8.01. The van der Waals surface area contributed by atoms with E-state index in [2.05, 4.69) is 6.07 Å². The molecule has 0 aliphatic rings. The third-order valence-electron chi connectivity index (χ3n) is 1.53. The van der Waals surface area contributed by atoms with Crippen molar-refractivity contribution < 1.29 is 13.2 Å². The molecule has 0 unspecified atom stereocenters. The van der Waals surface area contributed by atoms with Crippen molar-refractivity contribution in [3.63, 3.8) is 0 Å². The molecule has 0 bridgehead atoms. The molecule has 1 aromatic carbocycles. The fourth-order valence-electron chi connectivity index (χ4n) is 1.01. The minimum atomic E-state index is -4.21. The van der Waals surface area contributed by atoms with Gasteiger partial charge in [0.15, 0.2) is 0 Å². The van der Waals surface area contributed by atoms with Crippen molar-refractivity contribution in [1.82, 2.24) is 0 Å². The number of hydrogen-bond acceptors (Lipinski definition) is 1. The van der Waals surface area contributed by atoms with Crippen molar-refractivity contribution in [2.45, 2.75) is 24.3 Å². The fraction of sp³-hybridized carbons (Fsp3) is 0.333. The maximum atomic E-state index is 12.1. The molecule has 0 fully saturated rings. The molecule has 0 nitrogen and oxygen atoms in total. The molecule has 71 valence electrons. The van der Waals surface area contributed by atoms with Crippen LogP contribution < -0.4 is 0 Å². The zero-order chi connectivity index (χ0) is 10.1. The van der Waals surface area contributed by atoms with Gasteiger partial charge in [-0.3, -0.25) is 0 Å². The van der Waals surface area contributed by atoms with Crippen LogP contribution in [0.4, 0.5) is 13.2 Å². The van der Waals surface area contributed by atoms with Crippen molar-refractivity contribution in [2.75, 3.05) is 0 Å². The fourth-order valence-corrected chi connectivity index (χ4v) is 1.68. The predicted octanol–water partition coefficient (Wildman–Crippen LogP) is 3.72. The average Bonchev–Trinajstić information content (AvgIpc) is 1.95. The van der Waals surface area contributed by atoms with Crippen LogP contribution in [0.5, 0.6) is 0 Å². The highest BCUT2D eigenvalue weighted by Crippen LogP contribution is 2.39. The molecule has 0 saturated heterocycles. The van der Waals surface area contributed by atoms with Crippen molar-refractivity contribution in [3.8, 4) is 0 Å². The first-order valence-corrected chi connectivity index (χ1v) is 4.45. The van der Waals surface area contributed by atoms with E-state index in [1.165, 1.54) is 0 Å². The molecule has 0 aliphatic carbocycles. The first kappa shape index (κ1) is 10.4. The van der Waals surface area contributed by atoms with E-state index in [0.29, 0.717) is 11.1 Å². The van der Waals surface area contributed by atoms with Crippen molar-refractivity contribution in [1.29, 1.82) is 0 Å². The molecular weight excluding hydrogens is 197 g/mol. The first-order valence-electron chi connectivity index (χ1n) is 3.63. The largest absolute Gasteiger partial charge is 0.446 e. The summed E-state index contributed by atoms with van der Waals surface area (Å²) in [5, 5.41) is 0. The molecule has 0 amide bonds. The predicted molar refractivity (Wildman–Crippen MR) is 46.7 cm³/mol. The quantitative estimate of drug-likeness (QED) is 0.630. The number of benzene rings is 1. The second-order valence-corrected chi connectivity index (χ2v) is 3.77. The van der Waals surface area contributed by atoms with E-state index < -0.39 is 5.51 Å². The summed E-state index contributed by atoms with van der Waals surface area (Å²) in [6.07, 6.45) is 0. The molecule has 13 heavy (non-hydrogen) atoms. The lowest BCUT2D eigenvalue weighted by Gasteiger charge is -2.10. The molecule has 0 aromatic heterocycles. The Balaban J connectivity index is 3.00. The van der Waals surface area contributed by atoms with Gasteiger partial charge in [-0.05, 0) is 42.8 Å². The van der Waals surface area contributed by atoms with Crippen LogP contribution in [0.15, 0.2) is 17.0 Å². The Hall–Kier alpha value is -0.640. The highest BCUT2D eigenvalue weighted by Gasteiger charge is 2.30. The Morgan fingerprint density at radius 2 is 1.62 bits per heavy atom. The highest BCUT2D eigenvalue weighted by atomic mass is 32.2. The van der Waals surface area contributed by atoms with Crippen LogP contribution in [-0.4, -0.2) is 5.51 Å². The maximum absolute atomic E-state index is 12.1. The van der Waals surface area contributed by atoms with Crippen molar-refractivity contribution in [2.24, 2.45) is 0 Å². The SMILES string of the molecule is Cc1c[c]cc(C)c1SC(F)(F)F. The van der Waals surface area contributed by atoms with Gasteiger partial charge in [-0.15, -0.1) is 0 Å². The number of halogens is 3. The summed E-state index contributed by atoms with van der Waals surface area (Å²) >= 11 is -0.0660. The summed E-state index contributed by atoms with van der Waals surface area (Å²) < 4.78 is 36.2. The van der Waals surface area contributed by atoms with Gasteiger partial charge in [0.05, 0.1) is 0 Å². The molecule has 1 radical (unpaired) electrons. The van der Waals surface area contributed by atoms with Crippen LogP contribution in [0, 0.1) is 19.9 Å². The van der Waals surface area contributed by atoms with Crippen LogP contribution in [0.25, 0.3) is 0 Å². The number of alkyl halides is 3. The topological polar surface area (TPSA) is 0 Å². The monoisotopic (exact) mass is 205 g/mol. The Labute approximate surface area is 79.1 Å². The van der Waals surface area contributed by atoms with E-state index in [1.807, 2.05) is 0 Å². The molecule has 0 N–H and O–H groups in total. The molecular formula is C9H8F3S. The Morgan fingerprint density at radius 1 is 1.15 bits per heavy atom. The lowest BCUT2D eigenvalue weighted by Crippen LogP contribution is -2.01. The summed E-state index contributed by atoms with van der Waals surface area (Å²) in [4.78, 5) is 0.284. The molecule has 0 atom stereocenters. The Kier molecular flexibility index (Phi) is 2.91. The summed E-state index contributed by atoms with van der Waals surface area (Å²) in [6, 6.07) is 5.89. The van der Waals surface area contributed by atoms with Gasteiger partial charge in [0.1, 0.15) is 0 Å². The van der Waals surface area contributed by atoms with Gasteiger partial charge in [0.25, 0.3) is 0 Å². The van der Waals surface area contributed by atoms with E-state index in [-0.39, 0.29) is 16.7 Å². The average molecular weight is 205 g/mol. The standard InChI is InChI=1S/C9H8F3S/c1-6-4-3-5-7(2)8(6)13-9(10,11)12/h4-5H,1-2H3. The number of rotatable bonds is 1. The Morgan fingerprint density at radius 3 is 2.00 bits per heavy atom. The van der Waals surface area contributed by atoms with Gasteiger partial charge < -0.3 is 0 Å². The van der Waals surface area contributed by atoms with E-state index >= 15 is 0 Å². The maximum Gasteiger partial charge on any atom is 0.446 e. The van der Waals surface area contributed by atoms with Crippen molar-refractivity contribution >= 4 is 11.8 Å². The highest BCUT2D eigenvalue weighted by molar-refractivity contribution is 8.00. The van der Waals surface area contributed by atoms with E-state index in [0.717, 1.165) is 0 Å². The van der Waals surface area contributed by atoms with Crippen LogP contribution in [0.2, 0.25) is 0 Å². The molecule has 1 rings (SSSR count). The lowest BCUT2D eigenvalue weighted by molar-refractivity contribution is -0.0328. The van der Waals surface area contributed by atoms with E-state index in [1.54, 1.807) is 26.0 Å². The van der Waals surface area contributed by atoms with Crippen LogP contribution in [-0.2, 0) is 0 Å². The second-order valence-electron chi connectivity index (χ2n) is 2.70.